The lowest BCUT2D eigenvalue weighted by molar-refractivity contribution is 0.0943. The number of carbonyl (C=O) groups excluding carboxylic acids is 1. The molecule has 0 aromatic heterocycles. The van der Waals surface area contributed by atoms with Crippen LogP contribution in [-0.4, -0.2) is 38.7 Å². The molecule has 26 heavy (non-hydrogen) atoms. The molecule has 1 aromatic carbocycles. The fraction of sp³-hybridized carbons (Fsp3) is 0.632. The predicted molar refractivity (Wildman–Crippen MR) is 108 cm³/mol. The molecule has 148 valence electrons. The summed E-state index contributed by atoms with van der Waals surface area (Å²) in [5, 5.41) is 5.85. The standard InChI is InChI=1S/C19H33N3O3S/c1-14(2)22-19(23)17-11-16(5)12-18(13-17)20-9-7-6-8-10-21-26(24,25)15(3)4/h11-15,20-21H,6-10H2,1-5H3,(H,22,23). The van der Waals surface area contributed by atoms with E-state index in [2.05, 4.69) is 15.4 Å². The van der Waals surface area contributed by atoms with Gasteiger partial charge in [-0.25, -0.2) is 13.1 Å². The van der Waals surface area contributed by atoms with Gasteiger partial charge in [-0.3, -0.25) is 4.79 Å². The number of nitrogens with one attached hydrogen (secondary N) is 3. The SMILES string of the molecule is Cc1cc(NCCCCCNS(=O)(=O)C(C)C)cc(C(=O)NC(C)C)c1. The van der Waals surface area contributed by atoms with Crippen LogP contribution in [0.2, 0.25) is 0 Å². The molecule has 0 spiro atoms. The maximum absolute atomic E-state index is 12.1. The van der Waals surface area contributed by atoms with Crippen LogP contribution in [-0.2, 0) is 10.0 Å². The van der Waals surface area contributed by atoms with E-state index < -0.39 is 15.3 Å². The van der Waals surface area contributed by atoms with Gasteiger partial charge in [-0.15, -0.1) is 0 Å². The maximum Gasteiger partial charge on any atom is 0.251 e. The first-order chi connectivity index (χ1) is 12.1. The van der Waals surface area contributed by atoms with Gasteiger partial charge in [-0.1, -0.05) is 6.42 Å². The Bertz CT molecular complexity index is 685. The number of hydrogen-bond acceptors (Lipinski definition) is 4. The van der Waals surface area contributed by atoms with Crippen molar-refractivity contribution in [2.45, 2.75) is 65.2 Å². The first-order valence-electron chi connectivity index (χ1n) is 9.26. The van der Waals surface area contributed by atoms with Crippen LogP contribution in [0.15, 0.2) is 18.2 Å². The van der Waals surface area contributed by atoms with Crippen LogP contribution >= 0.6 is 0 Å². The Balaban J connectivity index is 2.37. The third kappa shape index (κ3) is 8.19. The summed E-state index contributed by atoms with van der Waals surface area (Å²) in [6.07, 6.45) is 2.68. The number of sulfonamides is 1. The number of anilines is 1. The minimum Gasteiger partial charge on any atom is -0.385 e. The highest BCUT2D eigenvalue weighted by Crippen LogP contribution is 2.15. The molecule has 0 saturated carbocycles. The lowest BCUT2D eigenvalue weighted by atomic mass is 10.1. The number of amides is 1. The molecule has 1 rings (SSSR count). The van der Waals surface area contributed by atoms with Crippen LogP contribution in [0, 0.1) is 6.92 Å². The fourth-order valence-electron chi connectivity index (χ4n) is 2.40. The molecule has 0 bridgehead atoms. The van der Waals surface area contributed by atoms with Gasteiger partial charge in [0.15, 0.2) is 0 Å². The lowest BCUT2D eigenvalue weighted by Crippen LogP contribution is -2.31. The number of unbranched alkanes of at least 4 members (excludes halogenated alkanes) is 2. The molecular formula is C19H33N3O3S. The van der Waals surface area contributed by atoms with Gasteiger partial charge < -0.3 is 10.6 Å². The van der Waals surface area contributed by atoms with Crippen molar-refractivity contribution >= 4 is 21.6 Å². The topological polar surface area (TPSA) is 87.3 Å². The van der Waals surface area contributed by atoms with E-state index in [9.17, 15) is 13.2 Å². The number of rotatable bonds is 11. The zero-order valence-electron chi connectivity index (χ0n) is 16.6. The van der Waals surface area contributed by atoms with Gasteiger partial charge >= 0.3 is 0 Å². The summed E-state index contributed by atoms with van der Waals surface area (Å²) in [4.78, 5) is 12.1. The van der Waals surface area contributed by atoms with Crippen molar-refractivity contribution in [1.29, 1.82) is 0 Å². The van der Waals surface area contributed by atoms with Crippen LogP contribution in [0.5, 0.6) is 0 Å². The monoisotopic (exact) mass is 383 g/mol. The van der Waals surface area contributed by atoms with E-state index in [1.165, 1.54) is 0 Å². The third-order valence-corrected chi connectivity index (χ3v) is 5.71. The summed E-state index contributed by atoms with van der Waals surface area (Å²) in [7, 11) is -3.16. The number of hydrogen-bond donors (Lipinski definition) is 3. The summed E-state index contributed by atoms with van der Waals surface area (Å²) in [5.41, 5.74) is 2.62. The van der Waals surface area contributed by atoms with Crippen molar-refractivity contribution in [2.75, 3.05) is 18.4 Å². The van der Waals surface area contributed by atoms with Gasteiger partial charge in [0.05, 0.1) is 5.25 Å². The van der Waals surface area contributed by atoms with Gasteiger partial charge in [0, 0.05) is 30.4 Å². The van der Waals surface area contributed by atoms with Gasteiger partial charge in [-0.2, -0.15) is 0 Å². The summed E-state index contributed by atoms with van der Waals surface area (Å²) in [6.45, 7) is 10.4. The predicted octanol–water partition coefficient (Wildman–Crippen LogP) is 3.04. The van der Waals surface area contributed by atoms with Crippen LogP contribution in [0.3, 0.4) is 0 Å². The molecule has 0 unspecified atom stereocenters. The highest BCUT2D eigenvalue weighted by Gasteiger charge is 2.14. The first kappa shape index (κ1) is 22.4. The van der Waals surface area contributed by atoms with E-state index >= 15 is 0 Å². The number of carbonyl (C=O) groups is 1. The van der Waals surface area contributed by atoms with Gasteiger partial charge in [0.25, 0.3) is 5.91 Å². The van der Waals surface area contributed by atoms with Gasteiger partial charge in [-0.05, 0) is 71.2 Å². The Morgan fingerprint density at radius 1 is 1.00 bits per heavy atom. The molecule has 0 heterocycles. The zero-order valence-corrected chi connectivity index (χ0v) is 17.4. The van der Waals surface area contributed by atoms with Crippen molar-refractivity contribution in [3.63, 3.8) is 0 Å². The van der Waals surface area contributed by atoms with Crippen LogP contribution in [0.4, 0.5) is 5.69 Å². The molecule has 0 saturated heterocycles. The smallest absolute Gasteiger partial charge is 0.251 e. The summed E-state index contributed by atoms with van der Waals surface area (Å²) < 4.78 is 25.9. The van der Waals surface area contributed by atoms with E-state index in [-0.39, 0.29) is 11.9 Å². The molecule has 0 aliphatic rings. The van der Waals surface area contributed by atoms with Crippen molar-refractivity contribution in [3.05, 3.63) is 29.3 Å². The normalized spacial score (nSPS) is 11.8. The minimum atomic E-state index is -3.16. The summed E-state index contributed by atoms with van der Waals surface area (Å²) in [5.74, 6) is -0.0656. The molecule has 0 radical (unpaired) electrons. The van der Waals surface area contributed by atoms with E-state index in [0.717, 1.165) is 37.1 Å². The Kier molecular flexibility index (Phi) is 9.08. The van der Waals surface area contributed by atoms with Crippen molar-refractivity contribution in [2.24, 2.45) is 0 Å². The molecule has 0 fully saturated rings. The largest absolute Gasteiger partial charge is 0.385 e. The third-order valence-electron chi connectivity index (χ3n) is 3.87. The molecule has 7 heteroatoms. The Morgan fingerprint density at radius 3 is 2.27 bits per heavy atom. The molecule has 0 atom stereocenters. The highest BCUT2D eigenvalue weighted by atomic mass is 32.2. The zero-order chi connectivity index (χ0) is 19.7. The second-order valence-electron chi connectivity index (χ2n) is 7.19. The van der Waals surface area contributed by atoms with Gasteiger partial charge in [0.2, 0.25) is 10.0 Å². The molecule has 1 aromatic rings. The van der Waals surface area contributed by atoms with E-state index in [1.54, 1.807) is 13.8 Å². The Morgan fingerprint density at radius 2 is 1.65 bits per heavy atom. The van der Waals surface area contributed by atoms with Crippen LogP contribution in [0.25, 0.3) is 0 Å². The quantitative estimate of drug-likeness (QED) is 0.513. The molecular weight excluding hydrogens is 350 g/mol. The maximum atomic E-state index is 12.1. The Labute approximate surface area is 158 Å². The van der Waals surface area contributed by atoms with Crippen LogP contribution < -0.4 is 15.4 Å². The molecule has 3 N–H and O–H groups in total. The average Bonchev–Trinajstić information content (AvgIpc) is 2.52. The summed E-state index contributed by atoms with van der Waals surface area (Å²) in [6, 6.07) is 5.86. The molecule has 0 aliphatic carbocycles. The van der Waals surface area contributed by atoms with Crippen molar-refractivity contribution in [3.8, 4) is 0 Å². The second kappa shape index (κ2) is 10.5. The highest BCUT2D eigenvalue weighted by molar-refractivity contribution is 7.90. The molecule has 0 aliphatic heterocycles. The Hall–Kier alpha value is -1.60. The van der Waals surface area contributed by atoms with Crippen LogP contribution in [0.1, 0.15) is 62.9 Å². The van der Waals surface area contributed by atoms with Crippen molar-refractivity contribution < 1.29 is 13.2 Å². The molecule has 6 nitrogen and oxygen atoms in total. The summed E-state index contributed by atoms with van der Waals surface area (Å²) >= 11 is 0. The van der Waals surface area contributed by atoms with E-state index in [1.807, 2.05) is 39.0 Å². The molecule has 1 amide bonds. The lowest BCUT2D eigenvalue weighted by Gasteiger charge is -2.12. The average molecular weight is 384 g/mol. The first-order valence-corrected chi connectivity index (χ1v) is 10.8. The second-order valence-corrected chi connectivity index (χ2v) is 9.51. The van der Waals surface area contributed by atoms with E-state index in [0.29, 0.717) is 12.1 Å². The van der Waals surface area contributed by atoms with E-state index in [4.69, 9.17) is 0 Å². The van der Waals surface area contributed by atoms with Crippen molar-refractivity contribution in [1.82, 2.24) is 10.0 Å². The minimum absolute atomic E-state index is 0.0656. The number of benzene rings is 1. The number of aryl methyl sites for hydroxylation is 1. The van der Waals surface area contributed by atoms with Gasteiger partial charge in [0.1, 0.15) is 0 Å². The fourth-order valence-corrected chi connectivity index (χ4v) is 3.16.